The van der Waals surface area contributed by atoms with Gasteiger partial charge in [-0.1, -0.05) is 20.8 Å². The smallest absolute Gasteiger partial charge is 0.276 e. The second kappa shape index (κ2) is 7.86. The number of amides is 2. The molecule has 0 bridgehead atoms. The van der Waals surface area contributed by atoms with E-state index in [0.29, 0.717) is 13.2 Å². The highest BCUT2D eigenvalue weighted by Crippen LogP contribution is 2.33. The van der Waals surface area contributed by atoms with Crippen LogP contribution >= 0.6 is 11.3 Å². The Morgan fingerprint density at radius 1 is 1.28 bits per heavy atom. The molecule has 0 unspecified atom stereocenters. The van der Waals surface area contributed by atoms with Crippen LogP contribution in [0.4, 0.5) is 5.00 Å². The van der Waals surface area contributed by atoms with Crippen molar-refractivity contribution < 1.29 is 22.7 Å². The third kappa shape index (κ3) is 4.50. The van der Waals surface area contributed by atoms with Crippen LogP contribution < -0.4 is 11.1 Å². The van der Waals surface area contributed by atoms with Gasteiger partial charge < -0.3 is 15.8 Å². The number of nitrogens with zero attached hydrogens (tertiary/aromatic N) is 2. The standard InChI is InChI=1S/C17H23N5O5S2/c1-17(2,3)12-9-11(20-21-12)15(24)19-16-10(14(18)23)8-13(28-16)29(25,26)22-4-6-27-7-5-22/h8-9H,4-7H2,1-3H3,(H2,18,23)(H,19,24)(H,20,21). The first-order valence-electron chi connectivity index (χ1n) is 8.89. The largest absolute Gasteiger partial charge is 0.379 e. The van der Waals surface area contributed by atoms with Crippen molar-refractivity contribution in [1.82, 2.24) is 14.5 Å². The lowest BCUT2D eigenvalue weighted by Gasteiger charge is -2.25. The molecule has 1 aliphatic rings. The Kier molecular flexibility index (Phi) is 5.81. The monoisotopic (exact) mass is 441 g/mol. The van der Waals surface area contributed by atoms with Crippen molar-refractivity contribution in [3.8, 4) is 0 Å². The highest BCUT2D eigenvalue weighted by Gasteiger charge is 2.31. The Hall–Kier alpha value is -2.28. The van der Waals surface area contributed by atoms with Gasteiger partial charge in [0.15, 0.2) is 5.69 Å². The maximum atomic E-state index is 12.8. The first-order valence-corrected chi connectivity index (χ1v) is 11.1. The molecule has 10 nitrogen and oxygen atoms in total. The second-order valence-corrected chi connectivity index (χ2v) is 10.8. The molecule has 2 aromatic heterocycles. The average Bonchev–Trinajstić information content (AvgIpc) is 3.30. The molecule has 0 aliphatic carbocycles. The van der Waals surface area contributed by atoms with Crippen molar-refractivity contribution in [2.45, 2.75) is 30.4 Å². The number of nitrogens with one attached hydrogen (secondary N) is 2. The minimum absolute atomic E-state index is 0.0645. The molecule has 2 amide bonds. The molecule has 158 valence electrons. The van der Waals surface area contributed by atoms with Gasteiger partial charge in [0.05, 0.1) is 18.8 Å². The third-order valence-corrected chi connectivity index (χ3v) is 7.78. The summed E-state index contributed by atoms with van der Waals surface area (Å²) in [6, 6.07) is 2.80. The molecular weight excluding hydrogens is 418 g/mol. The van der Waals surface area contributed by atoms with E-state index in [1.165, 1.54) is 10.4 Å². The topological polar surface area (TPSA) is 147 Å². The van der Waals surface area contributed by atoms with Gasteiger partial charge in [-0.05, 0) is 12.1 Å². The summed E-state index contributed by atoms with van der Waals surface area (Å²) < 4.78 is 32.1. The van der Waals surface area contributed by atoms with Crippen LogP contribution in [0.1, 0.15) is 47.3 Å². The summed E-state index contributed by atoms with van der Waals surface area (Å²) in [5.41, 5.74) is 5.98. The van der Waals surface area contributed by atoms with Gasteiger partial charge in [0.2, 0.25) is 0 Å². The number of thiophene rings is 1. The summed E-state index contributed by atoms with van der Waals surface area (Å²) in [5.74, 6) is -1.41. The van der Waals surface area contributed by atoms with Crippen molar-refractivity contribution in [3.63, 3.8) is 0 Å². The molecule has 0 spiro atoms. The van der Waals surface area contributed by atoms with E-state index in [2.05, 4.69) is 15.5 Å². The van der Waals surface area contributed by atoms with E-state index in [1.54, 1.807) is 6.07 Å². The van der Waals surface area contributed by atoms with Crippen LogP contribution in [0.2, 0.25) is 0 Å². The number of anilines is 1. The number of morpholine rings is 1. The molecule has 0 saturated carbocycles. The number of aromatic nitrogens is 2. The minimum Gasteiger partial charge on any atom is -0.379 e. The molecule has 3 heterocycles. The summed E-state index contributed by atoms with van der Waals surface area (Å²) in [5, 5.41) is 9.42. The Balaban J connectivity index is 1.88. The molecule has 29 heavy (non-hydrogen) atoms. The van der Waals surface area contributed by atoms with Gasteiger partial charge in [-0.2, -0.15) is 9.40 Å². The zero-order valence-electron chi connectivity index (χ0n) is 16.3. The van der Waals surface area contributed by atoms with E-state index >= 15 is 0 Å². The first kappa shape index (κ1) is 21.4. The number of primary amides is 1. The first-order chi connectivity index (χ1) is 13.5. The maximum absolute atomic E-state index is 12.8. The Morgan fingerprint density at radius 2 is 1.93 bits per heavy atom. The number of aromatic amines is 1. The summed E-state index contributed by atoms with van der Waals surface area (Å²) in [6.45, 7) is 6.94. The Morgan fingerprint density at radius 3 is 2.48 bits per heavy atom. The number of carbonyl (C=O) groups excluding carboxylic acids is 2. The van der Waals surface area contributed by atoms with Crippen molar-refractivity contribution >= 4 is 38.2 Å². The molecule has 4 N–H and O–H groups in total. The molecule has 1 saturated heterocycles. The molecule has 3 rings (SSSR count). The average molecular weight is 442 g/mol. The predicted molar refractivity (Wildman–Crippen MR) is 108 cm³/mol. The van der Waals surface area contributed by atoms with Crippen LogP contribution in [0.5, 0.6) is 0 Å². The van der Waals surface area contributed by atoms with Gasteiger partial charge in [-0.25, -0.2) is 8.42 Å². The van der Waals surface area contributed by atoms with E-state index in [1.807, 2.05) is 20.8 Å². The second-order valence-electron chi connectivity index (χ2n) is 7.56. The molecule has 1 aliphatic heterocycles. The van der Waals surface area contributed by atoms with Crippen molar-refractivity contribution in [1.29, 1.82) is 0 Å². The fourth-order valence-corrected chi connectivity index (χ4v) is 5.60. The molecule has 12 heteroatoms. The molecule has 0 radical (unpaired) electrons. The lowest BCUT2D eigenvalue weighted by atomic mass is 9.92. The number of carbonyl (C=O) groups is 2. The van der Waals surface area contributed by atoms with E-state index in [9.17, 15) is 18.0 Å². The quantitative estimate of drug-likeness (QED) is 0.634. The Labute approximate surface area is 172 Å². The zero-order valence-corrected chi connectivity index (χ0v) is 17.9. The number of hydrogen-bond donors (Lipinski definition) is 3. The lowest BCUT2D eigenvalue weighted by Crippen LogP contribution is -2.40. The number of nitrogens with two attached hydrogens (primary N) is 1. The van der Waals surface area contributed by atoms with Crippen molar-refractivity contribution in [3.05, 3.63) is 29.1 Å². The Bertz CT molecular complexity index is 1030. The van der Waals surface area contributed by atoms with Gasteiger partial charge in [0, 0.05) is 24.2 Å². The summed E-state index contributed by atoms with van der Waals surface area (Å²) in [6.07, 6.45) is 0. The van der Waals surface area contributed by atoms with Crippen LogP contribution in [0.15, 0.2) is 16.3 Å². The van der Waals surface area contributed by atoms with Crippen molar-refractivity contribution in [2.75, 3.05) is 31.6 Å². The van der Waals surface area contributed by atoms with Crippen LogP contribution in [0.3, 0.4) is 0 Å². The summed E-state index contributed by atoms with van der Waals surface area (Å²) >= 11 is 0.783. The normalized spacial score (nSPS) is 16.0. The number of ether oxygens (including phenoxy) is 1. The van der Waals surface area contributed by atoms with Crippen LogP contribution in [-0.4, -0.2) is 61.0 Å². The molecule has 0 atom stereocenters. The fraction of sp³-hybridized carbons (Fsp3) is 0.471. The van der Waals surface area contributed by atoms with Crippen LogP contribution in [-0.2, 0) is 20.2 Å². The molecule has 2 aromatic rings. The fourth-order valence-electron chi connectivity index (χ4n) is 2.68. The van der Waals surface area contributed by atoms with E-state index in [0.717, 1.165) is 17.0 Å². The number of hydrogen-bond acceptors (Lipinski definition) is 7. The maximum Gasteiger partial charge on any atom is 0.276 e. The third-order valence-electron chi connectivity index (χ3n) is 4.38. The lowest BCUT2D eigenvalue weighted by molar-refractivity contribution is 0.0731. The molecule has 1 fully saturated rings. The SMILES string of the molecule is CC(C)(C)c1cc(C(=O)Nc2sc(S(=O)(=O)N3CCOCC3)cc2C(N)=O)n[nH]1. The molecular formula is C17H23N5O5S2. The predicted octanol–water partition coefficient (Wildman–Crippen LogP) is 1.14. The van der Waals surface area contributed by atoms with Crippen LogP contribution in [0, 0.1) is 0 Å². The number of rotatable bonds is 5. The van der Waals surface area contributed by atoms with E-state index < -0.39 is 21.8 Å². The minimum atomic E-state index is -3.82. The number of H-pyrrole nitrogens is 1. The van der Waals surface area contributed by atoms with Gasteiger partial charge in [-0.3, -0.25) is 14.7 Å². The number of sulfonamides is 1. The van der Waals surface area contributed by atoms with Gasteiger partial charge in [0.25, 0.3) is 21.8 Å². The highest BCUT2D eigenvalue weighted by atomic mass is 32.2. The van der Waals surface area contributed by atoms with Crippen molar-refractivity contribution in [2.24, 2.45) is 5.73 Å². The van der Waals surface area contributed by atoms with E-state index in [4.69, 9.17) is 10.5 Å². The molecule has 0 aromatic carbocycles. The van der Waals surface area contributed by atoms with Gasteiger partial charge >= 0.3 is 0 Å². The van der Waals surface area contributed by atoms with Crippen LogP contribution in [0.25, 0.3) is 0 Å². The highest BCUT2D eigenvalue weighted by molar-refractivity contribution is 7.91. The van der Waals surface area contributed by atoms with Gasteiger partial charge in [0.1, 0.15) is 9.21 Å². The van der Waals surface area contributed by atoms with E-state index in [-0.39, 0.29) is 39.0 Å². The summed E-state index contributed by atoms with van der Waals surface area (Å²) in [4.78, 5) is 24.4. The zero-order chi connectivity index (χ0) is 21.4. The summed E-state index contributed by atoms with van der Waals surface area (Å²) in [7, 11) is -3.82. The van der Waals surface area contributed by atoms with Gasteiger partial charge in [-0.15, -0.1) is 11.3 Å².